The summed E-state index contributed by atoms with van der Waals surface area (Å²) in [6.45, 7) is 0. The summed E-state index contributed by atoms with van der Waals surface area (Å²) in [6.07, 6.45) is 0. The molecular formula is C13H12BrClN2O3S. The van der Waals surface area contributed by atoms with Crippen LogP contribution in [0, 0.1) is 0 Å². The number of hydrogen-bond donors (Lipinski definition) is 2. The summed E-state index contributed by atoms with van der Waals surface area (Å²) in [5.41, 5.74) is 6.25. The van der Waals surface area contributed by atoms with E-state index >= 15 is 0 Å². The van der Waals surface area contributed by atoms with Gasteiger partial charge in [0.1, 0.15) is 10.6 Å². The minimum absolute atomic E-state index is 0.00198. The summed E-state index contributed by atoms with van der Waals surface area (Å²) in [6, 6.07) is 9.24. The normalized spacial score (nSPS) is 11.2. The Morgan fingerprint density at radius 3 is 2.62 bits per heavy atom. The molecule has 0 radical (unpaired) electrons. The molecule has 0 aliphatic heterocycles. The van der Waals surface area contributed by atoms with Gasteiger partial charge in [0.15, 0.2) is 0 Å². The smallest absolute Gasteiger partial charge is 0.265 e. The third kappa shape index (κ3) is 3.61. The molecule has 0 aliphatic rings. The van der Waals surface area contributed by atoms with Crippen LogP contribution >= 0.6 is 27.5 Å². The summed E-state index contributed by atoms with van der Waals surface area (Å²) < 4.78 is 33.1. The molecule has 0 aliphatic carbocycles. The van der Waals surface area contributed by atoms with Crippen molar-refractivity contribution in [1.82, 2.24) is 0 Å². The monoisotopic (exact) mass is 390 g/mol. The SMILES string of the molecule is COc1ccc(Br)cc1S(=O)(=O)Nc1cc(N)ccc1Cl. The fourth-order valence-electron chi connectivity index (χ4n) is 1.68. The summed E-state index contributed by atoms with van der Waals surface area (Å²) in [7, 11) is -2.46. The minimum atomic E-state index is -3.86. The van der Waals surface area contributed by atoms with Crippen molar-refractivity contribution in [1.29, 1.82) is 0 Å². The van der Waals surface area contributed by atoms with Crippen molar-refractivity contribution in [2.45, 2.75) is 4.90 Å². The van der Waals surface area contributed by atoms with Crippen LogP contribution in [0.4, 0.5) is 11.4 Å². The van der Waals surface area contributed by atoms with Gasteiger partial charge in [-0.25, -0.2) is 8.42 Å². The zero-order chi connectivity index (χ0) is 15.6. The maximum absolute atomic E-state index is 12.5. The molecule has 0 heterocycles. The average Bonchev–Trinajstić information content (AvgIpc) is 2.42. The number of rotatable bonds is 4. The molecule has 0 saturated heterocycles. The fourth-order valence-corrected chi connectivity index (χ4v) is 3.68. The van der Waals surface area contributed by atoms with Crippen molar-refractivity contribution in [2.24, 2.45) is 0 Å². The predicted octanol–water partition coefficient (Wildman–Crippen LogP) is 3.49. The quantitative estimate of drug-likeness (QED) is 0.782. The van der Waals surface area contributed by atoms with Gasteiger partial charge in [-0.3, -0.25) is 4.72 Å². The molecule has 3 N–H and O–H groups in total. The molecule has 0 unspecified atom stereocenters. The summed E-state index contributed by atoms with van der Waals surface area (Å²) in [5, 5.41) is 0.252. The molecule has 2 aromatic carbocycles. The van der Waals surface area contributed by atoms with Gasteiger partial charge < -0.3 is 10.5 Å². The molecule has 0 amide bonds. The topological polar surface area (TPSA) is 81.4 Å². The Kier molecular flexibility index (Phi) is 4.65. The van der Waals surface area contributed by atoms with E-state index < -0.39 is 10.0 Å². The van der Waals surface area contributed by atoms with Gasteiger partial charge in [-0.1, -0.05) is 27.5 Å². The summed E-state index contributed by atoms with van der Waals surface area (Å²) in [4.78, 5) is -0.00198. The van der Waals surface area contributed by atoms with Crippen LogP contribution in [0.15, 0.2) is 45.8 Å². The maximum Gasteiger partial charge on any atom is 0.265 e. The lowest BCUT2D eigenvalue weighted by atomic mass is 10.3. The van der Waals surface area contributed by atoms with Crippen LogP contribution in [0.1, 0.15) is 0 Å². The highest BCUT2D eigenvalue weighted by molar-refractivity contribution is 9.10. The molecule has 0 saturated carbocycles. The first-order valence-electron chi connectivity index (χ1n) is 5.75. The van der Waals surface area contributed by atoms with Crippen molar-refractivity contribution < 1.29 is 13.2 Å². The van der Waals surface area contributed by atoms with Crippen LogP contribution in [-0.2, 0) is 10.0 Å². The highest BCUT2D eigenvalue weighted by Crippen LogP contribution is 2.31. The fraction of sp³-hybridized carbons (Fsp3) is 0.0769. The van der Waals surface area contributed by atoms with Crippen molar-refractivity contribution in [3.05, 3.63) is 45.9 Å². The van der Waals surface area contributed by atoms with E-state index in [1.807, 2.05) is 0 Å². The van der Waals surface area contributed by atoms with E-state index in [1.165, 1.54) is 25.3 Å². The van der Waals surface area contributed by atoms with E-state index in [2.05, 4.69) is 20.7 Å². The highest BCUT2D eigenvalue weighted by atomic mass is 79.9. The zero-order valence-electron chi connectivity index (χ0n) is 10.9. The van der Waals surface area contributed by atoms with Gasteiger partial charge in [-0.15, -0.1) is 0 Å². The molecular weight excluding hydrogens is 380 g/mol. The lowest BCUT2D eigenvalue weighted by molar-refractivity contribution is 0.403. The van der Waals surface area contributed by atoms with Crippen molar-refractivity contribution in [3.63, 3.8) is 0 Å². The molecule has 0 atom stereocenters. The van der Waals surface area contributed by atoms with Gasteiger partial charge in [0.05, 0.1) is 17.8 Å². The molecule has 8 heteroatoms. The van der Waals surface area contributed by atoms with Crippen molar-refractivity contribution >= 4 is 48.9 Å². The predicted molar refractivity (Wildman–Crippen MR) is 87.4 cm³/mol. The molecule has 0 aromatic heterocycles. The van der Waals surface area contributed by atoms with Crippen LogP contribution in [0.3, 0.4) is 0 Å². The number of anilines is 2. The molecule has 0 fully saturated rings. The van der Waals surface area contributed by atoms with E-state index in [4.69, 9.17) is 22.1 Å². The molecule has 0 spiro atoms. The second-order valence-electron chi connectivity index (χ2n) is 4.14. The molecule has 21 heavy (non-hydrogen) atoms. The third-order valence-electron chi connectivity index (χ3n) is 2.65. The van der Waals surface area contributed by atoms with Crippen molar-refractivity contribution in [2.75, 3.05) is 17.6 Å². The molecule has 0 bridgehead atoms. The van der Waals surface area contributed by atoms with Crippen LogP contribution in [-0.4, -0.2) is 15.5 Å². The number of halogens is 2. The van der Waals surface area contributed by atoms with Crippen LogP contribution in [0.25, 0.3) is 0 Å². The second kappa shape index (κ2) is 6.13. The summed E-state index contributed by atoms with van der Waals surface area (Å²) >= 11 is 9.21. The van der Waals surface area contributed by atoms with E-state index in [0.29, 0.717) is 10.2 Å². The molecule has 5 nitrogen and oxygen atoms in total. The minimum Gasteiger partial charge on any atom is -0.495 e. The maximum atomic E-state index is 12.5. The van der Waals surface area contributed by atoms with E-state index in [9.17, 15) is 8.42 Å². The number of hydrogen-bond acceptors (Lipinski definition) is 4. The number of nitrogens with two attached hydrogens (primary N) is 1. The number of sulfonamides is 1. The van der Waals surface area contributed by atoms with Gasteiger partial charge in [-0.2, -0.15) is 0 Å². The Morgan fingerprint density at radius 2 is 1.95 bits per heavy atom. The van der Waals surface area contributed by atoms with Crippen LogP contribution < -0.4 is 15.2 Å². The van der Waals surface area contributed by atoms with Gasteiger partial charge in [-0.05, 0) is 36.4 Å². The van der Waals surface area contributed by atoms with E-state index in [-0.39, 0.29) is 21.4 Å². The first kappa shape index (κ1) is 15.9. The van der Waals surface area contributed by atoms with E-state index in [1.54, 1.807) is 18.2 Å². The van der Waals surface area contributed by atoms with Gasteiger partial charge in [0.25, 0.3) is 10.0 Å². The Labute approximate surface area is 136 Å². The lowest BCUT2D eigenvalue weighted by Gasteiger charge is -2.13. The molecule has 112 valence electrons. The molecule has 2 aromatic rings. The average molecular weight is 392 g/mol. The number of benzene rings is 2. The zero-order valence-corrected chi connectivity index (χ0v) is 14.1. The van der Waals surface area contributed by atoms with Gasteiger partial charge >= 0.3 is 0 Å². The first-order chi connectivity index (χ1) is 9.83. The standard InChI is InChI=1S/C13H12BrClN2O3S/c1-20-12-5-2-8(14)6-13(12)21(18,19)17-11-7-9(16)3-4-10(11)15/h2-7,17H,16H2,1H3. The third-order valence-corrected chi connectivity index (χ3v) is 4.86. The first-order valence-corrected chi connectivity index (χ1v) is 8.40. The Hall–Kier alpha value is -1.44. The number of methoxy groups -OCH3 is 1. The van der Waals surface area contributed by atoms with Crippen LogP contribution in [0.5, 0.6) is 5.75 Å². The van der Waals surface area contributed by atoms with Gasteiger partial charge in [0.2, 0.25) is 0 Å². The largest absolute Gasteiger partial charge is 0.495 e. The van der Waals surface area contributed by atoms with Crippen molar-refractivity contribution in [3.8, 4) is 5.75 Å². The van der Waals surface area contributed by atoms with Crippen LogP contribution in [0.2, 0.25) is 5.02 Å². The summed E-state index contributed by atoms with van der Waals surface area (Å²) in [5.74, 6) is 0.228. The Morgan fingerprint density at radius 1 is 1.24 bits per heavy atom. The van der Waals surface area contributed by atoms with E-state index in [0.717, 1.165) is 0 Å². The second-order valence-corrected chi connectivity index (χ2v) is 7.11. The van der Waals surface area contributed by atoms with Gasteiger partial charge in [0, 0.05) is 10.2 Å². The highest BCUT2D eigenvalue weighted by Gasteiger charge is 2.21. The Balaban J connectivity index is 2.48. The lowest BCUT2D eigenvalue weighted by Crippen LogP contribution is -2.14. The molecule has 2 rings (SSSR count). The Bertz CT molecular complexity index is 781. The number of ether oxygens (including phenoxy) is 1. The number of nitrogen functional groups attached to an aromatic ring is 1. The number of nitrogens with one attached hydrogen (secondary N) is 1.